The Kier molecular flexibility index (Phi) is 5.39. The Bertz CT molecular complexity index is 768. The van der Waals surface area contributed by atoms with Crippen molar-refractivity contribution in [3.63, 3.8) is 0 Å². The highest BCUT2D eigenvalue weighted by Crippen LogP contribution is 2.32. The molecule has 2 N–H and O–H groups in total. The van der Waals surface area contributed by atoms with E-state index in [0.717, 1.165) is 11.0 Å². The number of hydrazone groups is 1. The smallest absolute Gasteiger partial charge is 0.490 e. The maximum absolute atomic E-state index is 11.6. The van der Waals surface area contributed by atoms with Crippen molar-refractivity contribution >= 4 is 49.9 Å². The molecule has 0 aliphatic carbocycles. The molecule has 0 unspecified atom stereocenters. The van der Waals surface area contributed by atoms with Crippen LogP contribution in [0.4, 0.5) is 5.95 Å². The molecule has 0 bridgehead atoms. The zero-order valence-corrected chi connectivity index (χ0v) is 14.4. The predicted octanol–water partition coefficient (Wildman–Crippen LogP) is 1.57. The number of hydrogen-bond donors (Lipinski definition) is 2. The van der Waals surface area contributed by atoms with Gasteiger partial charge in [-0.3, -0.25) is 4.79 Å². The maximum Gasteiger partial charge on any atom is 0.490 e. The first-order valence-corrected chi connectivity index (χ1v) is 7.49. The predicted molar refractivity (Wildman–Crippen MR) is 85.9 cm³/mol. The van der Waals surface area contributed by atoms with Crippen LogP contribution in [0.3, 0.4) is 0 Å². The fourth-order valence-electron chi connectivity index (χ4n) is 1.47. The molecule has 120 valence electrons. The van der Waals surface area contributed by atoms with Crippen molar-refractivity contribution in [3.8, 4) is 5.75 Å². The number of amides is 1. The number of nitrogens with one attached hydrogen (secondary N) is 1. The first-order chi connectivity index (χ1) is 10.9. The molecule has 0 aliphatic heterocycles. The summed E-state index contributed by atoms with van der Waals surface area (Å²) in [5.74, 6) is -1.06. The van der Waals surface area contributed by atoms with Gasteiger partial charge in [-0.05, 0) is 54.5 Å². The van der Waals surface area contributed by atoms with E-state index in [-0.39, 0.29) is 12.3 Å². The number of nitro groups is 1. The lowest BCUT2D eigenvalue weighted by Gasteiger charge is -2.02. The van der Waals surface area contributed by atoms with E-state index in [2.05, 4.69) is 52.5 Å². The van der Waals surface area contributed by atoms with Crippen molar-refractivity contribution in [2.24, 2.45) is 5.10 Å². The van der Waals surface area contributed by atoms with Gasteiger partial charge >= 0.3 is 5.95 Å². The molecule has 0 saturated heterocycles. The number of aromatic hydroxyl groups is 1. The van der Waals surface area contributed by atoms with Gasteiger partial charge in [-0.25, -0.2) is 5.43 Å². The maximum atomic E-state index is 11.6. The van der Waals surface area contributed by atoms with Crippen molar-refractivity contribution in [2.45, 2.75) is 6.54 Å². The normalized spacial score (nSPS) is 10.9. The molecule has 2 aromatic rings. The summed E-state index contributed by atoms with van der Waals surface area (Å²) in [5.41, 5.74) is 2.87. The van der Waals surface area contributed by atoms with Crippen LogP contribution < -0.4 is 5.43 Å². The monoisotopic (exact) mass is 446 g/mol. The average Bonchev–Trinajstić information content (AvgIpc) is 2.93. The van der Waals surface area contributed by atoms with Crippen LogP contribution in [0.25, 0.3) is 0 Å². The molecule has 12 heteroatoms. The highest BCUT2D eigenvalue weighted by molar-refractivity contribution is 9.11. The topological polar surface area (TPSA) is 136 Å². The van der Waals surface area contributed by atoms with Crippen LogP contribution in [0.15, 0.2) is 32.5 Å². The minimum absolute atomic E-state index is 0.0546. The van der Waals surface area contributed by atoms with Gasteiger partial charge < -0.3 is 15.2 Å². The minimum atomic E-state index is -0.757. The number of phenolic OH excluding ortho intramolecular Hbond substituents is 1. The van der Waals surface area contributed by atoms with Crippen LogP contribution in [0.2, 0.25) is 0 Å². The third-order valence-electron chi connectivity index (χ3n) is 2.44. The largest absolute Gasteiger partial charge is 0.506 e. The van der Waals surface area contributed by atoms with Crippen molar-refractivity contribution in [1.82, 2.24) is 20.2 Å². The molecule has 1 heterocycles. The number of hydrogen-bond acceptors (Lipinski definition) is 7. The molecule has 23 heavy (non-hydrogen) atoms. The lowest BCUT2D eigenvalue weighted by Crippen LogP contribution is -2.23. The van der Waals surface area contributed by atoms with Crippen molar-refractivity contribution in [2.75, 3.05) is 0 Å². The SMILES string of the molecule is O=C(Cn1cnc([N+](=O)[O-])n1)N/N=C\c1cc(Br)c(O)c(Br)c1. The van der Waals surface area contributed by atoms with Crippen LogP contribution in [0.5, 0.6) is 5.75 Å². The lowest BCUT2D eigenvalue weighted by atomic mass is 10.2. The molecule has 0 radical (unpaired) electrons. The Labute approximate surface area is 145 Å². The molecule has 1 aromatic carbocycles. The first kappa shape index (κ1) is 17.0. The van der Waals surface area contributed by atoms with E-state index < -0.39 is 16.8 Å². The molecule has 0 fully saturated rings. The number of phenols is 1. The summed E-state index contributed by atoms with van der Waals surface area (Å²) >= 11 is 6.35. The Hall–Kier alpha value is -2.34. The highest BCUT2D eigenvalue weighted by Gasteiger charge is 2.14. The van der Waals surface area contributed by atoms with Gasteiger partial charge in [0.15, 0.2) is 0 Å². The van der Waals surface area contributed by atoms with Crippen LogP contribution in [0, 0.1) is 10.1 Å². The number of aromatic nitrogens is 3. The van der Waals surface area contributed by atoms with Gasteiger partial charge in [0.1, 0.15) is 12.3 Å². The van der Waals surface area contributed by atoms with Gasteiger partial charge in [0.2, 0.25) is 6.33 Å². The molecule has 1 amide bonds. The fourth-order valence-corrected chi connectivity index (χ4v) is 2.69. The molecule has 0 atom stereocenters. The molecule has 2 rings (SSSR count). The summed E-state index contributed by atoms with van der Waals surface area (Å²) in [6.45, 7) is -0.263. The van der Waals surface area contributed by atoms with Crippen molar-refractivity contribution in [3.05, 3.63) is 43.1 Å². The zero-order chi connectivity index (χ0) is 17.0. The van der Waals surface area contributed by atoms with Gasteiger partial charge in [0.05, 0.1) is 15.2 Å². The zero-order valence-electron chi connectivity index (χ0n) is 11.2. The van der Waals surface area contributed by atoms with E-state index in [9.17, 15) is 20.0 Å². The standard InChI is InChI=1S/C11H8Br2N6O4/c12-7-1-6(2-8(13)10(7)21)3-15-16-9(20)4-18-5-14-11(17-18)19(22)23/h1-3,5,21H,4H2,(H,16,20)/b15-3-. The molecule has 1 aromatic heterocycles. The Balaban J connectivity index is 1.94. The number of halogens is 2. The Morgan fingerprint density at radius 1 is 1.48 bits per heavy atom. The second-order valence-corrected chi connectivity index (χ2v) is 5.83. The van der Waals surface area contributed by atoms with Crippen LogP contribution in [-0.2, 0) is 11.3 Å². The first-order valence-electron chi connectivity index (χ1n) is 5.90. The Morgan fingerprint density at radius 3 is 2.70 bits per heavy atom. The second kappa shape index (κ2) is 7.28. The number of nitrogens with zero attached hydrogens (tertiary/aromatic N) is 5. The summed E-state index contributed by atoms with van der Waals surface area (Å²) in [5, 5.41) is 27.3. The average molecular weight is 448 g/mol. The number of carbonyl (C=O) groups excluding carboxylic acids is 1. The molecule has 0 aliphatic rings. The van der Waals surface area contributed by atoms with Crippen LogP contribution in [-0.4, -0.2) is 36.9 Å². The lowest BCUT2D eigenvalue weighted by molar-refractivity contribution is -0.394. The summed E-state index contributed by atoms with van der Waals surface area (Å²) in [7, 11) is 0. The van der Waals surface area contributed by atoms with Gasteiger partial charge in [-0.15, -0.1) is 0 Å². The van der Waals surface area contributed by atoms with Crippen LogP contribution in [0.1, 0.15) is 5.56 Å². The summed E-state index contributed by atoms with van der Waals surface area (Å²) < 4.78 is 1.96. The van der Waals surface area contributed by atoms with E-state index in [1.54, 1.807) is 12.1 Å². The minimum Gasteiger partial charge on any atom is -0.506 e. The van der Waals surface area contributed by atoms with Crippen molar-refractivity contribution < 1.29 is 14.8 Å². The molecule has 10 nitrogen and oxygen atoms in total. The van der Waals surface area contributed by atoms with E-state index in [4.69, 9.17) is 0 Å². The van der Waals surface area contributed by atoms with Gasteiger partial charge in [0, 0.05) is 5.10 Å². The molecular weight excluding hydrogens is 440 g/mol. The summed E-state index contributed by atoms with van der Waals surface area (Å²) in [4.78, 5) is 24.7. The third-order valence-corrected chi connectivity index (χ3v) is 3.64. The molecule has 0 saturated carbocycles. The quantitative estimate of drug-likeness (QED) is 0.405. The van der Waals surface area contributed by atoms with Gasteiger partial charge in [0.25, 0.3) is 5.91 Å². The van der Waals surface area contributed by atoms with Gasteiger partial charge in [-0.1, -0.05) is 4.98 Å². The summed E-state index contributed by atoms with van der Waals surface area (Å²) in [6.07, 6.45) is 2.45. The van der Waals surface area contributed by atoms with E-state index in [0.29, 0.717) is 14.5 Å². The van der Waals surface area contributed by atoms with E-state index in [1.807, 2.05) is 0 Å². The van der Waals surface area contributed by atoms with Crippen LogP contribution >= 0.6 is 31.9 Å². The fraction of sp³-hybridized carbons (Fsp3) is 0.0909. The van der Waals surface area contributed by atoms with E-state index >= 15 is 0 Å². The van der Waals surface area contributed by atoms with Crippen molar-refractivity contribution in [1.29, 1.82) is 0 Å². The van der Waals surface area contributed by atoms with E-state index in [1.165, 1.54) is 6.21 Å². The summed E-state index contributed by atoms with van der Waals surface area (Å²) in [6, 6.07) is 3.22. The number of rotatable bonds is 5. The third kappa shape index (κ3) is 4.56. The molecule has 0 spiro atoms. The Morgan fingerprint density at radius 2 is 2.13 bits per heavy atom. The second-order valence-electron chi connectivity index (χ2n) is 4.13. The van der Waals surface area contributed by atoms with Gasteiger partial charge in [-0.2, -0.15) is 9.78 Å². The molecular formula is C11H8Br2N6O4. The number of carbonyl (C=O) groups is 1. The number of benzene rings is 1. The highest BCUT2D eigenvalue weighted by atomic mass is 79.9.